The smallest absolute Gasteiger partial charge is 0.199 e. The molecule has 0 unspecified atom stereocenters. The summed E-state index contributed by atoms with van der Waals surface area (Å²) in [6.45, 7) is -0.856. The molecule has 0 rings (SSSR count). The average Bonchev–Trinajstić information content (AvgIpc) is 2.24. The van der Waals surface area contributed by atoms with E-state index < -0.39 is 30.6 Å². The third-order valence-corrected chi connectivity index (χ3v) is 1.54. The van der Waals surface area contributed by atoms with Crippen molar-refractivity contribution in [3.8, 4) is 0 Å². The van der Waals surface area contributed by atoms with Crippen molar-refractivity contribution in [3.63, 3.8) is 0 Å². The third-order valence-electron chi connectivity index (χ3n) is 1.54. The Balaban J connectivity index is 4.57. The number of aldehydes is 1. The molecule has 7 nitrogen and oxygen atoms in total. The molecule has 7 heteroatoms. The number of carbonyl (C=O) groups excluding carboxylic acids is 1. The van der Waals surface area contributed by atoms with Crippen LogP contribution in [0.15, 0.2) is 0 Å². The molecule has 0 saturated carbocycles. The Bertz CT molecular complexity index is 193. The summed E-state index contributed by atoms with van der Waals surface area (Å²) >= 11 is 0. The molecule has 0 heterocycles. The maximum Gasteiger partial charge on any atom is 0.199 e. The summed E-state index contributed by atoms with van der Waals surface area (Å²) in [6.07, 6.45) is -5.99. The van der Waals surface area contributed by atoms with Gasteiger partial charge in [0.15, 0.2) is 12.0 Å². The lowest BCUT2D eigenvalue weighted by Crippen LogP contribution is -2.60. The van der Waals surface area contributed by atoms with Gasteiger partial charge < -0.3 is 25.5 Å². The number of nitrogens with two attached hydrogens (primary N) is 1. The lowest BCUT2D eigenvalue weighted by molar-refractivity contribution is -0.163. The van der Waals surface area contributed by atoms with Gasteiger partial charge in [0.25, 0.3) is 0 Å². The molecular weight excluding hydrogens is 182 g/mol. The molecule has 0 aliphatic carbocycles. The predicted octanol–water partition coefficient (Wildman–Crippen LogP) is -4.09. The second-order valence-corrected chi connectivity index (χ2v) is 2.63. The van der Waals surface area contributed by atoms with Gasteiger partial charge in [-0.3, -0.25) is 10.5 Å². The van der Waals surface area contributed by atoms with Crippen LogP contribution in [-0.4, -0.2) is 62.5 Å². The number of carbonyl (C=O) groups is 1. The van der Waals surface area contributed by atoms with Gasteiger partial charge in [0, 0.05) is 0 Å². The van der Waals surface area contributed by atoms with Crippen LogP contribution in [0.4, 0.5) is 0 Å². The van der Waals surface area contributed by atoms with Gasteiger partial charge in [-0.15, -0.1) is 0 Å². The zero-order valence-corrected chi connectivity index (χ0v) is 6.66. The van der Waals surface area contributed by atoms with Crippen LogP contribution in [0, 0.1) is 0 Å². The average molecular weight is 196 g/mol. The van der Waals surface area contributed by atoms with Gasteiger partial charge in [0.2, 0.25) is 0 Å². The van der Waals surface area contributed by atoms with Crippen molar-refractivity contribution >= 4 is 6.29 Å². The molecule has 0 aromatic carbocycles. The standard InChI is InChI=1S/C6H13NO6/c7-6(13,2-9)5(12)4(11)3(10)1-8/h2-5,8,10-13H,1,7H2/t3-,4-,5+,6+/m1/s1/i/hD. The Labute approximate surface area is 75.5 Å². The Hall–Kier alpha value is -0.570. The van der Waals surface area contributed by atoms with Crippen LogP contribution in [-0.2, 0) is 4.79 Å². The van der Waals surface area contributed by atoms with Crippen LogP contribution in [0.5, 0.6) is 0 Å². The van der Waals surface area contributed by atoms with Gasteiger partial charge in [-0.1, -0.05) is 0 Å². The molecule has 0 radical (unpaired) electrons. The molecule has 0 aliphatic heterocycles. The minimum Gasteiger partial charge on any atom is -0.394 e. The Kier molecular flexibility index (Phi) is 3.72. The van der Waals surface area contributed by atoms with Crippen molar-refractivity contribution < 1.29 is 31.7 Å². The summed E-state index contributed by atoms with van der Waals surface area (Å²) in [7, 11) is 0. The fourth-order valence-electron chi connectivity index (χ4n) is 0.648. The SMILES string of the molecule is [2H]N[C@](O)(C=O)[C@@H](O)[C@H](O)[C@H](O)CO. The van der Waals surface area contributed by atoms with Crippen LogP contribution in [0.2, 0.25) is 1.41 Å². The Morgan fingerprint density at radius 3 is 2.38 bits per heavy atom. The normalized spacial score (nSPS) is 23.9. The molecule has 78 valence electrons. The fraction of sp³-hybridized carbons (Fsp3) is 0.833. The summed E-state index contributed by atoms with van der Waals surface area (Å²) in [6, 6.07) is 0. The van der Waals surface area contributed by atoms with E-state index >= 15 is 0 Å². The first-order chi connectivity index (χ1) is 6.42. The molecular formula is C6H13NO6. The van der Waals surface area contributed by atoms with E-state index in [1.54, 1.807) is 0 Å². The van der Waals surface area contributed by atoms with Gasteiger partial charge >= 0.3 is 0 Å². The number of rotatable bonds is 6. The molecule has 0 amide bonds. The second kappa shape index (κ2) is 4.61. The van der Waals surface area contributed by atoms with Crippen LogP contribution >= 0.6 is 0 Å². The Morgan fingerprint density at radius 1 is 1.54 bits per heavy atom. The van der Waals surface area contributed by atoms with E-state index in [2.05, 4.69) is 0 Å². The van der Waals surface area contributed by atoms with Crippen LogP contribution < -0.4 is 5.73 Å². The molecule has 0 aliphatic rings. The van der Waals surface area contributed by atoms with Crippen LogP contribution in [0.25, 0.3) is 0 Å². The quantitative estimate of drug-likeness (QED) is 0.187. The van der Waals surface area contributed by atoms with Crippen LogP contribution in [0.3, 0.4) is 0 Å². The summed E-state index contributed by atoms with van der Waals surface area (Å²) < 4.78 is 6.53. The topological polar surface area (TPSA) is 144 Å². The Morgan fingerprint density at radius 2 is 2.08 bits per heavy atom. The van der Waals surface area contributed by atoms with Gasteiger partial charge in [-0.05, 0) is 0 Å². The van der Waals surface area contributed by atoms with Crippen molar-refractivity contribution in [2.24, 2.45) is 5.73 Å². The van der Waals surface area contributed by atoms with E-state index in [9.17, 15) is 4.79 Å². The summed E-state index contributed by atoms with van der Waals surface area (Å²) in [5, 5.41) is 44.7. The molecule has 0 saturated heterocycles. The lowest BCUT2D eigenvalue weighted by atomic mass is 10.00. The minimum atomic E-state index is -2.68. The van der Waals surface area contributed by atoms with E-state index in [0.29, 0.717) is 0 Å². The third kappa shape index (κ3) is 2.99. The van der Waals surface area contributed by atoms with Crippen molar-refractivity contribution in [2.45, 2.75) is 24.0 Å². The van der Waals surface area contributed by atoms with Crippen molar-refractivity contribution in [3.05, 3.63) is 0 Å². The highest BCUT2D eigenvalue weighted by Gasteiger charge is 2.39. The summed E-state index contributed by atoms with van der Waals surface area (Å²) in [5.74, 6) is 0. The van der Waals surface area contributed by atoms with Crippen molar-refractivity contribution in [1.29, 1.82) is 0 Å². The lowest BCUT2D eigenvalue weighted by Gasteiger charge is -2.28. The zero-order valence-electron chi connectivity index (χ0n) is 7.66. The van der Waals surface area contributed by atoms with E-state index in [0.717, 1.165) is 0 Å². The summed E-state index contributed by atoms with van der Waals surface area (Å²) in [4.78, 5) is 10.3. The van der Waals surface area contributed by atoms with Gasteiger partial charge in [-0.2, -0.15) is 0 Å². The highest BCUT2D eigenvalue weighted by molar-refractivity contribution is 5.62. The molecule has 7 N–H and O–H groups in total. The van der Waals surface area contributed by atoms with E-state index in [4.69, 9.17) is 26.9 Å². The molecule has 0 fully saturated rings. The first-order valence-electron chi connectivity index (χ1n) is 3.95. The first kappa shape index (κ1) is 10.5. The number of aliphatic hydroxyl groups excluding tert-OH is 4. The predicted molar refractivity (Wildman–Crippen MR) is 40.3 cm³/mol. The highest BCUT2D eigenvalue weighted by Crippen LogP contribution is 2.08. The molecule has 0 aromatic rings. The molecule has 0 aromatic heterocycles. The monoisotopic (exact) mass is 196 g/mol. The number of hydrogen-bond donors (Lipinski definition) is 6. The second-order valence-electron chi connectivity index (χ2n) is 2.63. The number of aliphatic hydroxyl groups is 5. The fourth-order valence-corrected chi connectivity index (χ4v) is 0.648. The molecule has 13 heavy (non-hydrogen) atoms. The zero-order chi connectivity index (χ0) is 11.4. The molecule has 0 bridgehead atoms. The molecule has 4 atom stereocenters. The van der Waals surface area contributed by atoms with Crippen molar-refractivity contribution in [2.75, 3.05) is 6.61 Å². The largest absolute Gasteiger partial charge is 0.394 e. The van der Waals surface area contributed by atoms with E-state index in [1.165, 1.54) is 5.73 Å². The van der Waals surface area contributed by atoms with E-state index in [1.807, 2.05) is 0 Å². The van der Waals surface area contributed by atoms with Gasteiger partial charge in [-0.25, -0.2) is 0 Å². The number of hydrogen-bond acceptors (Lipinski definition) is 7. The maximum atomic E-state index is 10.3. The van der Waals surface area contributed by atoms with Crippen LogP contribution in [0.1, 0.15) is 0 Å². The first-order valence-corrected chi connectivity index (χ1v) is 3.45. The van der Waals surface area contributed by atoms with Gasteiger partial charge in [0.1, 0.15) is 19.7 Å². The summed E-state index contributed by atoms with van der Waals surface area (Å²) in [5.41, 5.74) is -1.36. The molecule has 0 spiro atoms. The minimum absolute atomic E-state index is 0.196. The highest BCUT2D eigenvalue weighted by atomic mass is 16.4. The van der Waals surface area contributed by atoms with E-state index in [-0.39, 0.29) is 6.29 Å². The van der Waals surface area contributed by atoms with Crippen molar-refractivity contribution in [1.82, 2.24) is 0 Å². The maximum absolute atomic E-state index is 10.3. The van der Waals surface area contributed by atoms with Gasteiger partial charge in [0.05, 0.1) is 6.61 Å².